The molecule has 0 aliphatic carbocycles. The summed E-state index contributed by atoms with van der Waals surface area (Å²) >= 11 is 0. The summed E-state index contributed by atoms with van der Waals surface area (Å²) < 4.78 is 10.9. The van der Waals surface area contributed by atoms with E-state index in [1.807, 2.05) is 48.3 Å². The quantitative estimate of drug-likeness (QED) is 0.745. The number of ether oxygens (including phenoxy) is 1. The van der Waals surface area contributed by atoms with Gasteiger partial charge >= 0.3 is 0 Å². The van der Waals surface area contributed by atoms with Crippen molar-refractivity contribution in [2.24, 2.45) is 0 Å². The van der Waals surface area contributed by atoms with E-state index in [-0.39, 0.29) is 0 Å². The van der Waals surface area contributed by atoms with Crippen molar-refractivity contribution in [1.29, 1.82) is 0 Å². The first-order valence-electron chi connectivity index (χ1n) is 6.66. The highest BCUT2D eigenvalue weighted by Gasteiger charge is 2.11. The van der Waals surface area contributed by atoms with Gasteiger partial charge in [0, 0.05) is 19.3 Å². The van der Waals surface area contributed by atoms with E-state index < -0.39 is 0 Å². The summed E-state index contributed by atoms with van der Waals surface area (Å²) in [7, 11) is 3.60. The second kappa shape index (κ2) is 5.36. The maximum atomic E-state index is 5.75. The Morgan fingerprint density at radius 2 is 1.95 bits per heavy atom. The lowest BCUT2D eigenvalue weighted by Gasteiger charge is -2.14. The predicted octanol–water partition coefficient (Wildman–Crippen LogP) is 3.06. The number of aromatic nitrogens is 1. The van der Waals surface area contributed by atoms with Crippen LogP contribution >= 0.6 is 0 Å². The molecule has 0 aliphatic heterocycles. The minimum atomic E-state index is 0.575. The normalized spacial score (nSPS) is 10.8. The Bertz CT molecular complexity index is 750. The Morgan fingerprint density at radius 1 is 1.19 bits per heavy atom. The van der Waals surface area contributed by atoms with Crippen molar-refractivity contribution in [2.45, 2.75) is 6.54 Å². The Hall–Kier alpha value is -2.69. The van der Waals surface area contributed by atoms with Crippen molar-refractivity contribution < 1.29 is 9.15 Å². The summed E-state index contributed by atoms with van der Waals surface area (Å²) in [4.78, 5) is 6.41. The summed E-state index contributed by atoms with van der Waals surface area (Å²) in [6.45, 7) is 0.701. The molecule has 1 heterocycles. The molecule has 0 amide bonds. The minimum Gasteiger partial charge on any atom is -0.497 e. The first-order valence-corrected chi connectivity index (χ1v) is 6.66. The number of fused-ring (bicyclic) bond motifs is 1. The molecule has 21 heavy (non-hydrogen) atoms. The third-order valence-electron chi connectivity index (χ3n) is 3.31. The number of hydrogen-bond donors (Lipinski definition) is 1. The average molecular weight is 283 g/mol. The molecule has 0 radical (unpaired) electrons. The molecule has 0 unspecified atom stereocenters. The molecule has 2 aromatic carbocycles. The first-order chi connectivity index (χ1) is 10.2. The van der Waals surface area contributed by atoms with Crippen molar-refractivity contribution in [3.8, 4) is 5.75 Å². The molecule has 1 aromatic heterocycles. The van der Waals surface area contributed by atoms with Crippen molar-refractivity contribution >= 4 is 22.8 Å². The smallest absolute Gasteiger partial charge is 0.298 e. The van der Waals surface area contributed by atoms with E-state index in [0.717, 1.165) is 22.4 Å². The molecular formula is C16H17N3O2. The lowest BCUT2D eigenvalue weighted by Crippen LogP contribution is -2.16. The van der Waals surface area contributed by atoms with Gasteiger partial charge < -0.3 is 19.8 Å². The molecule has 108 valence electrons. The lowest BCUT2D eigenvalue weighted by molar-refractivity contribution is 0.414. The maximum Gasteiger partial charge on any atom is 0.298 e. The molecular weight excluding hydrogens is 266 g/mol. The Labute approximate surface area is 122 Å². The standard InChI is InChI=1S/C16H17N3O2/c1-19(10-11-3-6-13(20-2)7-4-11)16-18-14-9-12(17)5-8-15(14)21-16/h3-9H,10,17H2,1-2H3. The van der Waals surface area contributed by atoms with E-state index in [0.29, 0.717) is 18.2 Å². The van der Waals surface area contributed by atoms with Crippen LogP contribution in [0.25, 0.3) is 11.1 Å². The van der Waals surface area contributed by atoms with Crippen LogP contribution in [0.5, 0.6) is 5.75 Å². The lowest BCUT2D eigenvalue weighted by atomic mass is 10.2. The third-order valence-corrected chi connectivity index (χ3v) is 3.31. The molecule has 0 bridgehead atoms. The highest BCUT2D eigenvalue weighted by Crippen LogP contribution is 2.24. The van der Waals surface area contributed by atoms with Gasteiger partial charge in [-0.3, -0.25) is 0 Å². The zero-order valence-corrected chi connectivity index (χ0v) is 12.0. The van der Waals surface area contributed by atoms with Gasteiger partial charge in [-0.2, -0.15) is 4.98 Å². The van der Waals surface area contributed by atoms with Crippen molar-refractivity contribution in [2.75, 3.05) is 24.8 Å². The molecule has 0 atom stereocenters. The van der Waals surface area contributed by atoms with Crippen LogP contribution in [0.2, 0.25) is 0 Å². The molecule has 3 aromatic rings. The Morgan fingerprint density at radius 3 is 2.67 bits per heavy atom. The van der Waals surface area contributed by atoms with Crippen molar-refractivity contribution in [1.82, 2.24) is 4.98 Å². The van der Waals surface area contributed by atoms with Crippen molar-refractivity contribution in [3.63, 3.8) is 0 Å². The number of anilines is 2. The van der Waals surface area contributed by atoms with Gasteiger partial charge in [0.2, 0.25) is 0 Å². The first kappa shape index (κ1) is 13.3. The van der Waals surface area contributed by atoms with Gasteiger partial charge in [0.15, 0.2) is 5.58 Å². The Balaban J connectivity index is 1.80. The van der Waals surface area contributed by atoms with E-state index in [2.05, 4.69) is 4.98 Å². The van der Waals surface area contributed by atoms with Crippen LogP contribution < -0.4 is 15.4 Å². The van der Waals surface area contributed by atoms with Crippen LogP contribution in [-0.4, -0.2) is 19.1 Å². The number of hydrogen-bond acceptors (Lipinski definition) is 5. The molecule has 0 fully saturated rings. The summed E-state index contributed by atoms with van der Waals surface area (Å²) in [5.41, 5.74) is 9.09. The van der Waals surface area contributed by atoms with E-state index >= 15 is 0 Å². The fraction of sp³-hybridized carbons (Fsp3) is 0.188. The second-order valence-electron chi connectivity index (χ2n) is 4.93. The van der Waals surface area contributed by atoms with Crippen LogP contribution in [0.1, 0.15) is 5.56 Å². The Kier molecular flexibility index (Phi) is 3.39. The van der Waals surface area contributed by atoms with Crippen LogP contribution in [0.15, 0.2) is 46.9 Å². The van der Waals surface area contributed by atoms with E-state index in [4.69, 9.17) is 14.9 Å². The predicted molar refractivity (Wildman–Crippen MR) is 83.5 cm³/mol. The van der Waals surface area contributed by atoms with Crippen LogP contribution in [0.4, 0.5) is 11.7 Å². The minimum absolute atomic E-state index is 0.575. The molecule has 0 saturated heterocycles. The topological polar surface area (TPSA) is 64.5 Å². The molecule has 0 aliphatic rings. The summed E-state index contributed by atoms with van der Waals surface area (Å²) in [5, 5.41) is 0. The monoisotopic (exact) mass is 283 g/mol. The molecule has 2 N–H and O–H groups in total. The highest BCUT2D eigenvalue weighted by molar-refractivity contribution is 5.78. The van der Waals surface area contributed by atoms with Crippen LogP contribution in [-0.2, 0) is 6.54 Å². The summed E-state index contributed by atoms with van der Waals surface area (Å²) in [6, 6.07) is 14.0. The van der Waals surface area contributed by atoms with Gasteiger partial charge in [-0.15, -0.1) is 0 Å². The van der Waals surface area contributed by atoms with E-state index in [1.165, 1.54) is 0 Å². The molecule has 5 heteroatoms. The largest absolute Gasteiger partial charge is 0.497 e. The van der Waals surface area contributed by atoms with Crippen LogP contribution in [0.3, 0.4) is 0 Å². The number of nitrogens with zero attached hydrogens (tertiary/aromatic N) is 2. The number of benzene rings is 2. The third kappa shape index (κ3) is 2.76. The van der Waals surface area contributed by atoms with Gasteiger partial charge in [0.05, 0.1) is 7.11 Å². The number of nitrogens with two attached hydrogens (primary N) is 1. The van der Waals surface area contributed by atoms with E-state index in [9.17, 15) is 0 Å². The molecule has 3 rings (SSSR count). The van der Waals surface area contributed by atoms with Gasteiger partial charge in [-0.1, -0.05) is 12.1 Å². The van der Waals surface area contributed by atoms with E-state index in [1.54, 1.807) is 13.2 Å². The highest BCUT2D eigenvalue weighted by atomic mass is 16.5. The van der Waals surface area contributed by atoms with Gasteiger partial charge in [-0.25, -0.2) is 0 Å². The van der Waals surface area contributed by atoms with Gasteiger partial charge in [-0.05, 0) is 35.9 Å². The fourth-order valence-corrected chi connectivity index (χ4v) is 2.17. The summed E-state index contributed by atoms with van der Waals surface area (Å²) in [6.07, 6.45) is 0. The molecule has 0 spiro atoms. The fourth-order valence-electron chi connectivity index (χ4n) is 2.17. The van der Waals surface area contributed by atoms with Crippen LogP contribution in [0, 0.1) is 0 Å². The van der Waals surface area contributed by atoms with Gasteiger partial charge in [0.25, 0.3) is 6.01 Å². The van der Waals surface area contributed by atoms with Gasteiger partial charge in [0.1, 0.15) is 11.3 Å². The molecule has 5 nitrogen and oxygen atoms in total. The summed E-state index contributed by atoms with van der Waals surface area (Å²) in [5.74, 6) is 0.846. The number of rotatable bonds is 4. The second-order valence-corrected chi connectivity index (χ2v) is 4.93. The maximum absolute atomic E-state index is 5.75. The number of nitrogen functional groups attached to an aromatic ring is 1. The SMILES string of the molecule is COc1ccc(CN(C)c2nc3cc(N)ccc3o2)cc1. The zero-order chi connectivity index (χ0) is 14.8. The number of methoxy groups -OCH3 is 1. The number of oxazole rings is 1. The van der Waals surface area contributed by atoms with Crippen molar-refractivity contribution in [3.05, 3.63) is 48.0 Å². The average Bonchev–Trinajstić information content (AvgIpc) is 2.91. The molecule has 0 saturated carbocycles. The zero-order valence-electron chi connectivity index (χ0n) is 12.0.